The summed E-state index contributed by atoms with van der Waals surface area (Å²) in [7, 11) is 0. The summed E-state index contributed by atoms with van der Waals surface area (Å²) in [6, 6.07) is 3.49. The van der Waals surface area contributed by atoms with Crippen LogP contribution < -0.4 is 10.2 Å². The molecule has 1 aliphatic heterocycles. The summed E-state index contributed by atoms with van der Waals surface area (Å²) in [5.41, 5.74) is 4.00. The van der Waals surface area contributed by atoms with Gasteiger partial charge in [0, 0.05) is 24.4 Å². The third kappa shape index (κ3) is 2.52. The van der Waals surface area contributed by atoms with Crippen molar-refractivity contribution in [3.63, 3.8) is 0 Å². The molecular weight excluding hydrogens is 308 g/mol. The molecule has 0 unspecified atom stereocenters. The fourth-order valence-corrected chi connectivity index (χ4v) is 2.98. The van der Waals surface area contributed by atoms with Gasteiger partial charge in [0.05, 0.1) is 5.69 Å². The van der Waals surface area contributed by atoms with E-state index in [4.69, 9.17) is 0 Å². The van der Waals surface area contributed by atoms with Crippen molar-refractivity contribution in [3.05, 3.63) is 28.8 Å². The van der Waals surface area contributed by atoms with E-state index in [0.717, 1.165) is 22.4 Å². The van der Waals surface area contributed by atoms with Crippen LogP contribution in [0, 0.1) is 13.8 Å². The molecule has 102 valence electrons. The summed E-state index contributed by atoms with van der Waals surface area (Å²) < 4.78 is 0. The van der Waals surface area contributed by atoms with Gasteiger partial charge >= 0.3 is 0 Å². The van der Waals surface area contributed by atoms with Crippen LogP contribution in [0.3, 0.4) is 0 Å². The third-order valence-corrected chi connectivity index (χ3v) is 3.58. The molecule has 0 aromatic heterocycles. The standard InChI is InChI=1S/C14H17BrN2O2/c1-8-6-9(2)13-11(7-8)12(16-10(3)18)14(19)17(13)5-4-15/h6-7,12H,4-5H2,1-3H3,(H,16,18)/t12-/m0/s1. The largest absolute Gasteiger partial charge is 0.341 e. The second-order valence-corrected chi connectivity index (χ2v) is 5.63. The molecule has 1 atom stereocenters. The topological polar surface area (TPSA) is 49.4 Å². The lowest BCUT2D eigenvalue weighted by atomic mass is 10.0. The molecule has 1 aromatic rings. The first-order valence-electron chi connectivity index (χ1n) is 6.21. The van der Waals surface area contributed by atoms with Gasteiger partial charge in [-0.2, -0.15) is 0 Å². The zero-order chi connectivity index (χ0) is 14.2. The first kappa shape index (κ1) is 14.1. The first-order chi connectivity index (χ1) is 8.95. The summed E-state index contributed by atoms with van der Waals surface area (Å²) in [4.78, 5) is 25.5. The fraction of sp³-hybridized carbons (Fsp3) is 0.429. The Balaban J connectivity index is 2.53. The quantitative estimate of drug-likeness (QED) is 0.867. The molecule has 0 spiro atoms. The first-order valence-corrected chi connectivity index (χ1v) is 7.33. The van der Waals surface area contributed by atoms with E-state index < -0.39 is 6.04 Å². The number of anilines is 1. The van der Waals surface area contributed by atoms with Gasteiger partial charge in [-0.15, -0.1) is 0 Å². The molecule has 2 amide bonds. The molecule has 0 aliphatic carbocycles. The van der Waals surface area contributed by atoms with Gasteiger partial charge in [-0.1, -0.05) is 33.6 Å². The number of hydrogen-bond donors (Lipinski definition) is 1. The van der Waals surface area contributed by atoms with Crippen LogP contribution in [-0.2, 0) is 9.59 Å². The second-order valence-electron chi connectivity index (χ2n) is 4.83. The van der Waals surface area contributed by atoms with Crippen LogP contribution in [-0.4, -0.2) is 23.7 Å². The van der Waals surface area contributed by atoms with Crippen molar-refractivity contribution in [2.24, 2.45) is 0 Å². The van der Waals surface area contributed by atoms with Crippen LogP contribution in [0.5, 0.6) is 0 Å². The lowest BCUT2D eigenvalue weighted by Crippen LogP contribution is -2.37. The molecule has 1 N–H and O–H groups in total. The minimum atomic E-state index is -0.551. The predicted molar refractivity (Wildman–Crippen MR) is 78.6 cm³/mol. The van der Waals surface area contributed by atoms with E-state index in [0.29, 0.717) is 11.9 Å². The Labute approximate surface area is 121 Å². The zero-order valence-corrected chi connectivity index (χ0v) is 12.9. The molecule has 0 saturated heterocycles. The van der Waals surface area contributed by atoms with Crippen LogP contribution in [0.2, 0.25) is 0 Å². The molecule has 0 fully saturated rings. The summed E-state index contributed by atoms with van der Waals surface area (Å²) in [5, 5.41) is 3.45. The average Bonchev–Trinajstić information content (AvgIpc) is 2.55. The summed E-state index contributed by atoms with van der Waals surface area (Å²) >= 11 is 3.37. The highest BCUT2D eigenvalue weighted by atomic mass is 79.9. The minimum absolute atomic E-state index is 0.0571. The van der Waals surface area contributed by atoms with Crippen LogP contribution in [0.1, 0.15) is 29.7 Å². The molecule has 4 nitrogen and oxygen atoms in total. The van der Waals surface area contributed by atoms with Gasteiger partial charge in [-0.05, 0) is 19.4 Å². The number of halogens is 1. The van der Waals surface area contributed by atoms with Crippen LogP contribution in [0.4, 0.5) is 5.69 Å². The Hall–Kier alpha value is -1.36. The molecule has 0 radical (unpaired) electrons. The van der Waals surface area contributed by atoms with Gasteiger partial charge in [0.15, 0.2) is 0 Å². The number of hydrogen-bond acceptors (Lipinski definition) is 2. The maximum atomic E-state index is 12.4. The maximum Gasteiger partial charge on any atom is 0.254 e. The summed E-state index contributed by atoms with van der Waals surface area (Å²) in [6.45, 7) is 6.03. The highest BCUT2D eigenvalue weighted by Crippen LogP contribution is 2.39. The lowest BCUT2D eigenvalue weighted by molar-refractivity contribution is -0.126. The van der Waals surface area contributed by atoms with Crippen molar-refractivity contribution in [2.45, 2.75) is 26.8 Å². The van der Waals surface area contributed by atoms with Crippen molar-refractivity contribution < 1.29 is 9.59 Å². The van der Waals surface area contributed by atoms with Gasteiger partial charge in [-0.3, -0.25) is 9.59 Å². The molecule has 1 aromatic carbocycles. The number of aryl methyl sites for hydroxylation is 2. The van der Waals surface area contributed by atoms with Crippen molar-refractivity contribution in [1.29, 1.82) is 0 Å². The molecule has 0 bridgehead atoms. The Morgan fingerprint density at radius 2 is 2.11 bits per heavy atom. The van der Waals surface area contributed by atoms with Crippen LogP contribution >= 0.6 is 15.9 Å². The van der Waals surface area contributed by atoms with Crippen molar-refractivity contribution >= 4 is 33.4 Å². The molecule has 5 heteroatoms. The number of alkyl halides is 1. The van der Waals surface area contributed by atoms with Gasteiger partial charge in [0.25, 0.3) is 5.91 Å². The molecule has 1 aliphatic rings. The number of rotatable bonds is 3. The summed E-state index contributed by atoms with van der Waals surface area (Å²) in [6.07, 6.45) is 0. The van der Waals surface area contributed by atoms with E-state index in [1.165, 1.54) is 6.92 Å². The SMILES string of the molecule is CC(=O)N[C@@H]1C(=O)N(CCBr)c2c(C)cc(C)cc21. The predicted octanol–water partition coefficient (Wildman–Crippen LogP) is 2.22. The highest BCUT2D eigenvalue weighted by Gasteiger charge is 2.38. The number of amides is 2. The summed E-state index contributed by atoms with van der Waals surface area (Å²) in [5.74, 6) is -0.248. The lowest BCUT2D eigenvalue weighted by Gasteiger charge is -2.18. The highest BCUT2D eigenvalue weighted by molar-refractivity contribution is 9.09. The Kier molecular flexibility index (Phi) is 3.94. The second kappa shape index (κ2) is 5.33. The molecule has 1 heterocycles. The minimum Gasteiger partial charge on any atom is -0.341 e. The van der Waals surface area contributed by atoms with Gasteiger partial charge < -0.3 is 10.2 Å². The Bertz CT molecular complexity index is 542. The van der Waals surface area contributed by atoms with E-state index in [2.05, 4.69) is 27.3 Å². The zero-order valence-electron chi connectivity index (χ0n) is 11.3. The molecule has 19 heavy (non-hydrogen) atoms. The fourth-order valence-electron chi connectivity index (χ4n) is 2.63. The monoisotopic (exact) mass is 324 g/mol. The van der Waals surface area contributed by atoms with Gasteiger partial charge in [0.2, 0.25) is 5.91 Å². The number of fused-ring (bicyclic) bond motifs is 1. The Morgan fingerprint density at radius 1 is 1.42 bits per heavy atom. The number of carbonyl (C=O) groups excluding carboxylic acids is 2. The van der Waals surface area contributed by atoms with E-state index in [1.807, 2.05) is 19.9 Å². The van der Waals surface area contributed by atoms with Gasteiger partial charge in [-0.25, -0.2) is 0 Å². The van der Waals surface area contributed by atoms with Crippen LogP contribution in [0.25, 0.3) is 0 Å². The third-order valence-electron chi connectivity index (χ3n) is 3.22. The van der Waals surface area contributed by atoms with Crippen molar-refractivity contribution in [2.75, 3.05) is 16.8 Å². The normalized spacial score (nSPS) is 17.6. The van der Waals surface area contributed by atoms with E-state index >= 15 is 0 Å². The maximum absolute atomic E-state index is 12.4. The Morgan fingerprint density at radius 3 is 2.68 bits per heavy atom. The average molecular weight is 325 g/mol. The van der Waals surface area contributed by atoms with E-state index in [-0.39, 0.29) is 11.8 Å². The van der Waals surface area contributed by atoms with Crippen molar-refractivity contribution in [1.82, 2.24) is 5.32 Å². The van der Waals surface area contributed by atoms with E-state index in [1.54, 1.807) is 4.90 Å². The smallest absolute Gasteiger partial charge is 0.254 e. The molecule has 2 rings (SSSR count). The number of carbonyl (C=O) groups is 2. The van der Waals surface area contributed by atoms with E-state index in [9.17, 15) is 9.59 Å². The van der Waals surface area contributed by atoms with Gasteiger partial charge in [0.1, 0.15) is 6.04 Å². The van der Waals surface area contributed by atoms with Crippen LogP contribution in [0.15, 0.2) is 12.1 Å². The molecular formula is C14H17BrN2O2. The van der Waals surface area contributed by atoms with Crippen molar-refractivity contribution in [3.8, 4) is 0 Å². The molecule has 0 saturated carbocycles. The number of nitrogens with one attached hydrogen (secondary N) is 1. The number of nitrogens with zero attached hydrogens (tertiary/aromatic N) is 1. The number of benzene rings is 1.